The largest absolute Gasteiger partial charge is 0.478 e. The van der Waals surface area contributed by atoms with Crippen molar-refractivity contribution in [3.63, 3.8) is 0 Å². The standard InChI is InChI=1S/C19H19N5O3/c20-13-3-1-11(2-4-13)17-21-18(23-9-14-5-6-15(10-23)27-14)16-7-12(19(25)26)8-24(16)22-17/h1-4,7-8,14-15H,5-6,9-10,20H2,(H,25,26). The fraction of sp³-hybridized carbons (Fsp3) is 0.316. The van der Waals surface area contributed by atoms with Crippen molar-refractivity contribution < 1.29 is 14.6 Å². The predicted octanol–water partition coefficient (Wildman–Crippen LogP) is 2.04. The molecule has 2 unspecified atom stereocenters. The Morgan fingerprint density at radius 3 is 2.56 bits per heavy atom. The number of fused-ring (bicyclic) bond motifs is 3. The Kier molecular flexibility index (Phi) is 3.54. The van der Waals surface area contributed by atoms with E-state index < -0.39 is 5.97 Å². The fourth-order valence-electron chi connectivity index (χ4n) is 3.88. The van der Waals surface area contributed by atoms with Crippen molar-refractivity contribution in [2.45, 2.75) is 25.0 Å². The lowest BCUT2D eigenvalue weighted by molar-refractivity contribution is 0.0303. The maximum Gasteiger partial charge on any atom is 0.337 e. The van der Waals surface area contributed by atoms with E-state index in [1.807, 2.05) is 12.1 Å². The third-order valence-electron chi connectivity index (χ3n) is 5.20. The molecule has 5 rings (SSSR count). The van der Waals surface area contributed by atoms with E-state index in [0.29, 0.717) is 17.0 Å². The molecule has 8 nitrogen and oxygen atoms in total. The molecule has 0 aliphatic carbocycles. The molecule has 2 atom stereocenters. The van der Waals surface area contributed by atoms with Crippen LogP contribution in [-0.2, 0) is 4.74 Å². The molecule has 3 N–H and O–H groups in total. The quantitative estimate of drug-likeness (QED) is 0.684. The molecule has 3 aromatic rings. The average Bonchev–Trinajstić information content (AvgIpc) is 3.24. The second-order valence-electron chi connectivity index (χ2n) is 7.11. The smallest absolute Gasteiger partial charge is 0.337 e. The van der Waals surface area contributed by atoms with Gasteiger partial charge in [0.05, 0.1) is 17.8 Å². The van der Waals surface area contributed by atoms with E-state index in [-0.39, 0.29) is 17.8 Å². The van der Waals surface area contributed by atoms with Gasteiger partial charge in [-0.05, 0) is 43.2 Å². The molecule has 0 saturated carbocycles. The number of aromatic nitrogens is 3. The molecule has 2 aliphatic rings. The fourth-order valence-corrected chi connectivity index (χ4v) is 3.88. The molecule has 8 heteroatoms. The molecule has 0 radical (unpaired) electrons. The Morgan fingerprint density at radius 2 is 1.89 bits per heavy atom. The molecular formula is C19H19N5O3. The maximum atomic E-state index is 11.5. The molecule has 2 bridgehead atoms. The highest BCUT2D eigenvalue weighted by Gasteiger charge is 2.35. The Bertz CT molecular complexity index is 1020. The van der Waals surface area contributed by atoms with E-state index in [1.165, 1.54) is 6.20 Å². The molecule has 0 amide bonds. The monoisotopic (exact) mass is 365 g/mol. The summed E-state index contributed by atoms with van der Waals surface area (Å²) in [6, 6.07) is 8.96. The lowest BCUT2D eigenvalue weighted by atomic mass is 10.2. The number of nitrogens with two attached hydrogens (primary N) is 1. The molecule has 27 heavy (non-hydrogen) atoms. The SMILES string of the molecule is Nc1ccc(-c2nc(N3CC4CCC(C3)O4)c3cc(C(=O)O)cn3n2)cc1. The third kappa shape index (κ3) is 2.78. The zero-order valence-electron chi connectivity index (χ0n) is 14.6. The Morgan fingerprint density at radius 1 is 1.19 bits per heavy atom. The summed E-state index contributed by atoms with van der Waals surface area (Å²) in [7, 11) is 0. The van der Waals surface area contributed by atoms with Crippen molar-refractivity contribution in [3.05, 3.63) is 42.1 Å². The van der Waals surface area contributed by atoms with E-state index in [1.54, 1.807) is 22.7 Å². The van der Waals surface area contributed by atoms with Gasteiger partial charge in [0.25, 0.3) is 0 Å². The van der Waals surface area contributed by atoms with Gasteiger partial charge in [0.15, 0.2) is 11.6 Å². The van der Waals surface area contributed by atoms with Crippen molar-refractivity contribution >= 4 is 23.0 Å². The van der Waals surface area contributed by atoms with Gasteiger partial charge in [-0.25, -0.2) is 14.3 Å². The van der Waals surface area contributed by atoms with Crippen LogP contribution in [-0.4, -0.2) is 51.0 Å². The van der Waals surface area contributed by atoms with Gasteiger partial charge in [-0.3, -0.25) is 0 Å². The molecule has 0 spiro atoms. The normalized spacial score (nSPS) is 21.7. The van der Waals surface area contributed by atoms with E-state index in [9.17, 15) is 9.90 Å². The molecule has 138 valence electrons. The van der Waals surface area contributed by atoms with Gasteiger partial charge in [-0.2, -0.15) is 0 Å². The highest BCUT2D eigenvalue weighted by atomic mass is 16.5. The van der Waals surface area contributed by atoms with Crippen LogP contribution in [0.5, 0.6) is 0 Å². The number of benzene rings is 1. The van der Waals surface area contributed by atoms with Crippen LogP contribution in [0.3, 0.4) is 0 Å². The number of aromatic carboxylic acids is 1. The number of nitrogens with zero attached hydrogens (tertiary/aromatic N) is 4. The van der Waals surface area contributed by atoms with Crippen LogP contribution in [0.25, 0.3) is 16.9 Å². The summed E-state index contributed by atoms with van der Waals surface area (Å²) >= 11 is 0. The lowest BCUT2D eigenvalue weighted by Crippen LogP contribution is -2.43. The van der Waals surface area contributed by atoms with Gasteiger partial charge in [-0.1, -0.05) is 0 Å². The molecule has 2 fully saturated rings. The first-order chi connectivity index (χ1) is 13.1. The number of nitrogen functional groups attached to an aromatic ring is 1. The van der Waals surface area contributed by atoms with Crippen LogP contribution >= 0.6 is 0 Å². The number of carboxylic acids is 1. The van der Waals surface area contributed by atoms with E-state index >= 15 is 0 Å². The number of carbonyl (C=O) groups is 1. The van der Waals surface area contributed by atoms with Gasteiger partial charge in [0.2, 0.25) is 0 Å². The minimum absolute atomic E-state index is 0.191. The number of rotatable bonds is 3. The third-order valence-corrected chi connectivity index (χ3v) is 5.20. The first-order valence-corrected chi connectivity index (χ1v) is 8.97. The summed E-state index contributed by atoms with van der Waals surface area (Å²) in [4.78, 5) is 18.4. The number of hydrogen-bond donors (Lipinski definition) is 2. The highest BCUT2D eigenvalue weighted by Crippen LogP contribution is 2.32. The van der Waals surface area contributed by atoms with Crippen molar-refractivity contribution in [1.29, 1.82) is 0 Å². The number of morpholine rings is 1. The van der Waals surface area contributed by atoms with Gasteiger partial charge in [-0.15, -0.1) is 5.10 Å². The summed E-state index contributed by atoms with van der Waals surface area (Å²) in [6.07, 6.45) is 4.03. The van der Waals surface area contributed by atoms with Crippen LogP contribution in [0.1, 0.15) is 23.2 Å². The zero-order valence-corrected chi connectivity index (χ0v) is 14.6. The predicted molar refractivity (Wildman–Crippen MR) is 99.9 cm³/mol. The van der Waals surface area contributed by atoms with Crippen molar-refractivity contribution in [2.24, 2.45) is 0 Å². The number of hydrogen-bond acceptors (Lipinski definition) is 6. The van der Waals surface area contributed by atoms with Crippen molar-refractivity contribution in [1.82, 2.24) is 14.6 Å². The van der Waals surface area contributed by atoms with Crippen LogP contribution in [0.2, 0.25) is 0 Å². The molecule has 2 aliphatic heterocycles. The van der Waals surface area contributed by atoms with Gasteiger partial charge in [0, 0.05) is 30.5 Å². The van der Waals surface area contributed by atoms with E-state index in [2.05, 4.69) is 10.00 Å². The summed E-state index contributed by atoms with van der Waals surface area (Å²) in [5, 5.41) is 13.9. The van der Waals surface area contributed by atoms with Crippen molar-refractivity contribution in [2.75, 3.05) is 23.7 Å². The van der Waals surface area contributed by atoms with Crippen LogP contribution in [0.15, 0.2) is 36.5 Å². The minimum Gasteiger partial charge on any atom is -0.478 e. The summed E-state index contributed by atoms with van der Waals surface area (Å²) in [5.41, 5.74) is 8.16. The molecule has 4 heterocycles. The van der Waals surface area contributed by atoms with Crippen LogP contribution < -0.4 is 10.6 Å². The number of carboxylic acid groups (broad SMARTS) is 1. The first kappa shape index (κ1) is 16.1. The Labute approximate surface area is 155 Å². The topological polar surface area (TPSA) is 106 Å². The lowest BCUT2D eigenvalue weighted by Gasteiger charge is -2.33. The second-order valence-corrected chi connectivity index (χ2v) is 7.11. The second kappa shape index (κ2) is 5.95. The van der Waals surface area contributed by atoms with Crippen molar-refractivity contribution in [3.8, 4) is 11.4 Å². The molecule has 1 aromatic carbocycles. The van der Waals surface area contributed by atoms with Crippen LogP contribution in [0, 0.1) is 0 Å². The summed E-state index contributed by atoms with van der Waals surface area (Å²) in [6.45, 7) is 1.50. The summed E-state index contributed by atoms with van der Waals surface area (Å²) in [5.74, 6) is 0.288. The average molecular weight is 365 g/mol. The van der Waals surface area contributed by atoms with Gasteiger partial charge in [0.1, 0.15) is 5.52 Å². The highest BCUT2D eigenvalue weighted by molar-refractivity contribution is 5.91. The van der Waals surface area contributed by atoms with Gasteiger partial charge >= 0.3 is 5.97 Å². The van der Waals surface area contributed by atoms with Gasteiger partial charge < -0.3 is 20.5 Å². The maximum absolute atomic E-state index is 11.5. The molecular weight excluding hydrogens is 346 g/mol. The molecule has 2 aromatic heterocycles. The Balaban J connectivity index is 1.66. The first-order valence-electron chi connectivity index (χ1n) is 8.97. The van der Waals surface area contributed by atoms with E-state index in [4.69, 9.17) is 15.5 Å². The number of ether oxygens (including phenoxy) is 1. The number of anilines is 2. The van der Waals surface area contributed by atoms with Crippen LogP contribution in [0.4, 0.5) is 11.5 Å². The summed E-state index contributed by atoms with van der Waals surface area (Å²) < 4.78 is 7.54. The minimum atomic E-state index is -0.984. The molecule has 2 saturated heterocycles. The Hall–Kier alpha value is -3.13. The zero-order chi connectivity index (χ0) is 18.5. The van der Waals surface area contributed by atoms with E-state index in [0.717, 1.165) is 37.3 Å².